The van der Waals surface area contributed by atoms with Gasteiger partial charge < -0.3 is 0 Å². The second-order valence-electron chi connectivity index (χ2n) is 3.62. The van der Waals surface area contributed by atoms with E-state index in [2.05, 4.69) is 11.1 Å². The number of hydrogen-bond acceptors (Lipinski definition) is 3. The number of nitrogens with zero attached hydrogens (tertiary/aromatic N) is 1. The first-order valence-electron chi connectivity index (χ1n) is 4.89. The highest BCUT2D eigenvalue weighted by molar-refractivity contribution is 8.04. The number of thioether (sulfide) groups is 1. The van der Waals surface area contributed by atoms with E-state index in [0.717, 1.165) is 16.3 Å². The SMILES string of the molecule is O=C1CC=C2Sc3ccccc3N=C2C1. The number of benzene rings is 1. The van der Waals surface area contributed by atoms with Crippen molar-refractivity contribution in [3.8, 4) is 0 Å². The number of hydrogen-bond donors (Lipinski definition) is 0. The van der Waals surface area contributed by atoms with Crippen LogP contribution in [-0.4, -0.2) is 11.5 Å². The summed E-state index contributed by atoms with van der Waals surface area (Å²) in [7, 11) is 0. The van der Waals surface area contributed by atoms with Gasteiger partial charge in [0.25, 0.3) is 0 Å². The molecule has 2 nitrogen and oxygen atoms in total. The van der Waals surface area contributed by atoms with Crippen molar-refractivity contribution in [3.63, 3.8) is 0 Å². The average Bonchev–Trinajstić information content (AvgIpc) is 2.26. The number of allylic oxidation sites excluding steroid dienone is 2. The molecule has 3 heteroatoms. The van der Waals surface area contributed by atoms with Crippen LogP contribution in [0.4, 0.5) is 5.69 Å². The zero-order valence-electron chi connectivity index (χ0n) is 8.06. The normalized spacial score (nSPS) is 18.8. The zero-order valence-corrected chi connectivity index (χ0v) is 8.88. The summed E-state index contributed by atoms with van der Waals surface area (Å²) in [5.74, 6) is 0.262. The molecule has 0 saturated carbocycles. The van der Waals surface area contributed by atoms with Crippen LogP contribution in [-0.2, 0) is 4.79 Å². The van der Waals surface area contributed by atoms with Gasteiger partial charge in [0, 0.05) is 16.2 Å². The van der Waals surface area contributed by atoms with E-state index in [0.29, 0.717) is 12.8 Å². The molecule has 0 unspecified atom stereocenters. The molecular weight excluding hydrogens is 206 g/mol. The summed E-state index contributed by atoms with van der Waals surface area (Å²) in [6.07, 6.45) is 3.04. The van der Waals surface area contributed by atoms with Gasteiger partial charge in [-0.1, -0.05) is 30.0 Å². The first-order chi connectivity index (χ1) is 7.33. The summed E-state index contributed by atoms with van der Waals surface area (Å²) >= 11 is 1.72. The van der Waals surface area contributed by atoms with Crippen LogP contribution in [0.25, 0.3) is 0 Å². The van der Waals surface area contributed by atoms with Crippen molar-refractivity contribution in [2.24, 2.45) is 4.99 Å². The van der Waals surface area contributed by atoms with Gasteiger partial charge >= 0.3 is 0 Å². The van der Waals surface area contributed by atoms with E-state index < -0.39 is 0 Å². The largest absolute Gasteiger partial charge is 0.299 e. The van der Waals surface area contributed by atoms with Crippen LogP contribution in [0.2, 0.25) is 0 Å². The number of fused-ring (bicyclic) bond motifs is 2. The van der Waals surface area contributed by atoms with Gasteiger partial charge in [-0.3, -0.25) is 9.79 Å². The lowest BCUT2D eigenvalue weighted by molar-refractivity contribution is -0.117. The maximum atomic E-state index is 11.3. The van der Waals surface area contributed by atoms with E-state index in [-0.39, 0.29) is 5.78 Å². The highest BCUT2D eigenvalue weighted by Crippen LogP contribution is 2.41. The van der Waals surface area contributed by atoms with Crippen molar-refractivity contribution in [2.75, 3.05) is 0 Å². The second kappa shape index (κ2) is 3.35. The third-order valence-corrected chi connectivity index (χ3v) is 3.69. The molecule has 1 aliphatic heterocycles. The summed E-state index contributed by atoms with van der Waals surface area (Å²) in [4.78, 5) is 18.2. The fraction of sp³-hybridized carbons (Fsp3) is 0.167. The van der Waals surface area contributed by atoms with Crippen molar-refractivity contribution in [1.82, 2.24) is 0 Å². The lowest BCUT2D eigenvalue weighted by Crippen LogP contribution is -2.15. The van der Waals surface area contributed by atoms with E-state index in [9.17, 15) is 4.79 Å². The Morgan fingerprint density at radius 1 is 1.27 bits per heavy atom. The molecule has 2 aliphatic rings. The summed E-state index contributed by atoms with van der Waals surface area (Å²) < 4.78 is 0. The highest BCUT2D eigenvalue weighted by Gasteiger charge is 2.22. The molecule has 0 radical (unpaired) electrons. The summed E-state index contributed by atoms with van der Waals surface area (Å²) in [5, 5.41) is 0. The number of ketones is 1. The lowest BCUT2D eigenvalue weighted by atomic mass is 10.0. The number of aliphatic imine (C=N–C) groups is 1. The van der Waals surface area contributed by atoms with Crippen molar-refractivity contribution in [2.45, 2.75) is 17.7 Å². The topological polar surface area (TPSA) is 29.4 Å². The van der Waals surface area contributed by atoms with Gasteiger partial charge in [-0.05, 0) is 12.1 Å². The zero-order chi connectivity index (χ0) is 10.3. The monoisotopic (exact) mass is 215 g/mol. The van der Waals surface area contributed by atoms with E-state index in [4.69, 9.17) is 0 Å². The Labute approximate surface area is 92.1 Å². The van der Waals surface area contributed by atoms with Crippen LogP contribution in [0, 0.1) is 0 Å². The Kier molecular flexibility index (Phi) is 1.99. The summed E-state index contributed by atoms with van der Waals surface area (Å²) in [6, 6.07) is 8.05. The first-order valence-corrected chi connectivity index (χ1v) is 5.71. The maximum Gasteiger partial charge on any atom is 0.142 e. The molecule has 1 aromatic carbocycles. The van der Waals surface area contributed by atoms with Crippen molar-refractivity contribution < 1.29 is 4.79 Å². The van der Waals surface area contributed by atoms with Gasteiger partial charge in [-0.15, -0.1) is 0 Å². The molecule has 0 bridgehead atoms. The van der Waals surface area contributed by atoms with Gasteiger partial charge in [0.15, 0.2) is 0 Å². The molecule has 1 aliphatic carbocycles. The average molecular weight is 215 g/mol. The van der Waals surface area contributed by atoms with Gasteiger partial charge in [0.05, 0.1) is 17.8 Å². The molecule has 0 spiro atoms. The molecule has 0 saturated heterocycles. The van der Waals surface area contributed by atoms with Gasteiger partial charge in [0.1, 0.15) is 5.78 Å². The molecule has 0 amide bonds. The molecule has 3 rings (SSSR count). The first kappa shape index (κ1) is 8.92. The number of para-hydroxylation sites is 1. The van der Waals surface area contributed by atoms with Crippen LogP contribution in [0.3, 0.4) is 0 Å². The predicted molar refractivity (Wildman–Crippen MR) is 61.7 cm³/mol. The molecule has 74 valence electrons. The Hall–Kier alpha value is -1.35. The Bertz CT molecular complexity index is 502. The Morgan fingerprint density at radius 3 is 3.07 bits per heavy atom. The molecule has 0 aromatic heterocycles. The van der Waals surface area contributed by atoms with E-state index in [1.54, 1.807) is 11.8 Å². The van der Waals surface area contributed by atoms with Crippen molar-refractivity contribution in [1.29, 1.82) is 0 Å². The van der Waals surface area contributed by atoms with Crippen LogP contribution >= 0.6 is 11.8 Å². The number of rotatable bonds is 0. The van der Waals surface area contributed by atoms with Crippen molar-refractivity contribution in [3.05, 3.63) is 35.2 Å². The lowest BCUT2D eigenvalue weighted by Gasteiger charge is -2.20. The fourth-order valence-electron chi connectivity index (χ4n) is 1.77. The molecule has 0 atom stereocenters. The summed E-state index contributed by atoms with van der Waals surface area (Å²) in [5.41, 5.74) is 1.93. The molecule has 0 N–H and O–H groups in total. The van der Waals surface area contributed by atoms with Crippen LogP contribution in [0.15, 0.2) is 45.1 Å². The second-order valence-corrected chi connectivity index (χ2v) is 4.70. The smallest absolute Gasteiger partial charge is 0.142 e. The quantitative estimate of drug-likeness (QED) is 0.665. The van der Waals surface area contributed by atoms with Gasteiger partial charge in [-0.25, -0.2) is 0 Å². The predicted octanol–water partition coefficient (Wildman–Crippen LogP) is 3.11. The maximum absolute atomic E-state index is 11.3. The minimum Gasteiger partial charge on any atom is -0.299 e. The third-order valence-electron chi connectivity index (χ3n) is 2.50. The molecule has 1 heterocycles. The summed E-state index contributed by atoms with van der Waals surface area (Å²) in [6.45, 7) is 0. The minimum absolute atomic E-state index is 0.262. The minimum atomic E-state index is 0.262. The number of carbonyl (C=O) groups excluding carboxylic acids is 1. The molecule has 15 heavy (non-hydrogen) atoms. The molecule has 0 fully saturated rings. The standard InChI is InChI=1S/C12H9NOS/c14-8-5-6-12-10(7-8)13-9-3-1-2-4-11(9)15-12/h1-4,6H,5,7H2. The van der Waals surface area contributed by atoms with Gasteiger partial charge in [-0.2, -0.15) is 0 Å². The fourth-order valence-corrected chi connectivity index (χ4v) is 2.77. The van der Waals surface area contributed by atoms with Crippen LogP contribution < -0.4 is 0 Å². The Balaban J connectivity index is 2.11. The molecular formula is C12H9NOS. The highest BCUT2D eigenvalue weighted by atomic mass is 32.2. The van der Waals surface area contributed by atoms with Crippen LogP contribution in [0.5, 0.6) is 0 Å². The number of Topliss-reactive ketones (excluding diaryl/α,β-unsaturated/α-hetero) is 1. The van der Waals surface area contributed by atoms with E-state index >= 15 is 0 Å². The number of carbonyl (C=O) groups is 1. The van der Waals surface area contributed by atoms with Crippen molar-refractivity contribution >= 4 is 28.9 Å². The van der Waals surface area contributed by atoms with Crippen LogP contribution in [0.1, 0.15) is 12.8 Å². The third kappa shape index (κ3) is 1.53. The van der Waals surface area contributed by atoms with Gasteiger partial charge in [0.2, 0.25) is 0 Å². The van der Waals surface area contributed by atoms with E-state index in [1.807, 2.05) is 24.3 Å². The molecule has 1 aromatic rings. The van der Waals surface area contributed by atoms with E-state index in [1.165, 1.54) is 4.90 Å². The Morgan fingerprint density at radius 2 is 2.13 bits per heavy atom.